The first-order chi connectivity index (χ1) is 13.4. The summed E-state index contributed by atoms with van der Waals surface area (Å²) < 4.78 is 37.4. The SMILES string of the molecule is CCS(=O)(=O)N1CC(C(=O)NCCOc2ccccc2Cl)Oc2ccccc21. The van der Waals surface area contributed by atoms with Gasteiger partial charge >= 0.3 is 0 Å². The second-order valence-corrected chi connectivity index (χ2v) is 8.66. The maximum Gasteiger partial charge on any atom is 0.263 e. The van der Waals surface area contributed by atoms with Crippen LogP contribution in [-0.2, 0) is 14.8 Å². The minimum atomic E-state index is -3.53. The van der Waals surface area contributed by atoms with Crippen LogP contribution >= 0.6 is 11.6 Å². The summed E-state index contributed by atoms with van der Waals surface area (Å²) >= 11 is 6.01. The number of para-hydroxylation sites is 3. The molecular weight excluding hydrogens is 404 g/mol. The van der Waals surface area contributed by atoms with Crippen LogP contribution in [0.25, 0.3) is 0 Å². The third-order valence-corrected chi connectivity index (χ3v) is 6.28. The number of nitrogens with zero attached hydrogens (tertiary/aromatic N) is 1. The smallest absolute Gasteiger partial charge is 0.263 e. The van der Waals surface area contributed by atoms with Crippen molar-refractivity contribution in [1.29, 1.82) is 0 Å². The molecule has 1 amide bonds. The van der Waals surface area contributed by atoms with Crippen LogP contribution in [0.5, 0.6) is 11.5 Å². The summed E-state index contributed by atoms with van der Waals surface area (Å²) in [5, 5.41) is 3.20. The monoisotopic (exact) mass is 424 g/mol. The number of benzene rings is 2. The van der Waals surface area contributed by atoms with E-state index in [0.717, 1.165) is 0 Å². The summed E-state index contributed by atoms with van der Waals surface area (Å²) in [6, 6.07) is 13.8. The van der Waals surface area contributed by atoms with Gasteiger partial charge in [-0.2, -0.15) is 0 Å². The van der Waals surface area contributed by atoms with Gasteiger partial charge in [-0.15, -0.1) is 0 Å². The molecule has 0 saturated carbocycles. The summed E-state index contributed by atoms with van der Waals surface area (Å²) in [7, 11) is -3.53. The second-order valence-electron chi connectivity index (χ2n) is 6.08. The molecule has 2 aromatic carbocycles. The van der Waals surface area contributed by atoms with Crippen LogP contribution in [-0.4, -0.2) is 45.9 Å². The number of amides is 1. The van der Waals surface area contributed by atoms with Crippen molar-refractivity contribution in [3.05, 3.63) is 53.6 Å². The Bertz CT molecular complexity index is 951. The molecule has 0 bridgehead atoms. The van der Waals surface area contributed by atoms with E-state index >= 15 is 0 Å². The van der Waals surface area contributed by atoms with Gasteiger partial charge < -0.3 is 14.8 Å². The topological polar surface area (TPSA) is 84.9 Å². The minimum absolute atomic E-state index is 0.0681. The van der Waals surface area contributed by atoms with E-state index in [2.05, 4.69) is 5.32 Å². The first-order valence-electron chi connectivity index (χ1n) is 8.83. The molecule has 0 saturated heterocycles. The number of rotatable bonds is 7. The van der Waals surface area contributed by atoms with E-state index in [1.54, 1.807) is 55.5 Å². The van der Waals surface area contributed by atoms with Gasteiger partial charge in [-0.3, -0.25) is 9.10 Å². The highest BCUT2D eigenvalue weighted by atomic mass is 35.5. The van der Waals surface area contributed by atoms with E-state index in [4.69, 9.17) is 21.1 Å². The number of carbonyl (C=O) groups excluding carboxylic acids is 1. The van der Waals surface area contributed by atoms with Gasteiger partial charge in [-0.1, -0.05) is 35.9 Å². The van der Waals surface area contributed by atoms with Crippen molar-refractivity contribution >= 4 is 33.2 Å². The number of carbonyl (C=O) groups is 1. The number of halogens is 1. The van der Waals surface area contributed by atoms with Gasteiger partial charge in [0.1, 0.15) is 18.1 Å². The summed E-state index contributed by atoms with van der Waals surface area (Å²) in [6.45, 7) is 1.93. The average Bonchev–Trinajstić information content (AvgIpc) is 2.71. The third-order valence-electron chi connectivity index (χ3n) is 4.22. The number of ether oxygens (including phenoxy) is 2. The van der Waals surface area contributed by atoms with Crippen molar-refractivity contribution < 1.29 is 22.7 Å². The van der Waals surface area contributed by atoms with E-state index in [9.17, 15) is 13.2 Å². The highest BCUT2D eigenvalue weighted by Crippen LogP contribution is 2.35. The molecule has 1 aliphatic heterocycles. The summed E-state index contributed by atoms with van der Waals surface area (Å²) in [5.74, 6) is 0.412. The lowest BCUT2D eigenvalue weighted by atomic mass is 10.2. The molecule has 1 heterocycles. The maximum atomic E-state index is 12.5. The van der Waals surface area contributed by atoms with Crippen molar-refractivity contribution in [2.24, 2.45) is 0 Å². The normalized spacial score (nSPS) is 16.1. The zero-order valence-corrected chi connectivity index (χ0v) is 16.9. The largest absolute Gasteiger partial charge is 0.490 e. The van der Waals surface area contributed by atoms with Gasteiger partial charge in [0, 0.05) is 0 Å². The first-order valence-corrected chi connectivity index (χ1v) is 10.8. The average molecular weight is 425 g/mol. The Morgan fingerprint density at radius 3 is 2.71 bits per heavy atom. The molecule has 9 heteroatoms. The number of sulfonamides is 1. The molecule has 0 spiro atoms. The number of hydrogen-bond acceptors (Lipinski definition) is 5. The predicted octanol–water partition coefficient (Wildman–Crippen LogP) is 2.45. The number of hydrogen-bond donors (Lipinski definition) is 1. The minimum Gasteiger partial charge on any atom is -0.490 e. The number of fused-ring (bicyclic) bond motifs is 1. The molecule has 1 atom stereocenters. The second kappa shape index (κ2) is 8.70. The molecule has 0 fully saturated rings. The van der Waals surface area contributed by atoms with Gasteiger partial charge in [0.05, 0.1) is 29.6 Å². The highest BCUT2D eigenvalue weighted by molar-refractivity contribution is 7.92. The Morgan fingerprint density at radius 1 is 1.25 bits per heavy atom. The van der Waals surface area contributed by atoms with Gasteiger partial charge in [0.2, 0.25) is 10.0 Å². The maximum absolute atomic E-state index is 12.5. The molecule has 28 heavy (non-hydrogen) atoms. The number of nitrogens with one attached hydrogen (secondary N) is 1. The Morgan fingerprint density at radius 2 is 1.96 bits per heavy atom. The Labute approximate surface area is 169 Å². The van der Waals surface area contributed by atoms with E-state index < -0.39 is 22.0 Å². The summed E-state index contributed by atoms with van der Waals surface area (Å²) in [5.41, 5.74) is 0.440. The van der Waals surface area contributed by atoms with Gasteiger partial charge in [0.25, 0.3) is 5.91 Å². The van der Waals surface area contributed by atoms with E-state index in [0.29, 0.717) is 22.2 Å². The van der Waals surface area contributed by atoms with Crippen molar-refractivity contribution in [1.82, 2.24) is 5.32 Å². The van der Waals surface area contributed by atoms with Crippen LogP contribution in [0.15, 0.2) is 48.5 Å². The van der Waals surface area contributed by atoms with Crippen LogP contribution < -0.4 is 19.1 Å². The Kier molecular flexibility index (Phi) is 6.31. The lowest BCUT2D eigenvalue weighted by Gasteiger charge is -2.34. The Balaban J connectivity index is 1.62. The quantitative estimate of drug-likeness (QED) is 0.690. The van der Waals surface area contributed by atoms with Crippen LogP contribution in [0, 0.1) is 0 Å². The standard InChI is InChI=1S/C19H21ClN2O5S/c1-2-28(24,25)22-13-18(27-17-10-6-4-8-15(17)22)19(23)21-11-12-26-16-9-5-3-7-14(16)20/h3-10,18H,2,11-13H2,1H3,(H,21,23). The van der Waals surface area contributed by atoms with Crippen molar-refractivity contribution in [2.75, 3.05) is 29.8 Å². The molecule has 1 unspecified atom stereocenters. The molecule has 1 N–H and O–H groups in total. The summed E-state index contributed by atoms with van der Waals surface area (Å²) in [6.07, 6.45) is -0.948. The van der Waals surface area contributed by atoms with Gasteiger partial charge in [-0.05, 0) is 31.2 Å². The molecule has 0 radical (unpaired) electrons. The third kappa shape index (κ3) is 4.51. The van der Waals surface area contributed by atoms with Crippen LogP contribution in [0.3, 0.4) is 0 Å². The number of anilines is 1. The Hall–Kier alpha value is -2.45. The van der Waals surface area contributed by atoms with Crippen LogP contribution in [0.4, 0.5) is 5.69 Å². The molecule has 0 aliphatic carbocycles. The summed E-state index contributed by atoms with van der Waals surface area (Å²) in [4.78, 5) is 12.5. The fourth-order valence-electron chi connectivity index (χ4n) is 2.77. The zero-order valence-electron chi connectivity index (χ0n) is 15.3. The van der Waals surface area contributed by atoms with E-state index in [1.165, 1.54) is 4.31 Å². The van der Waals surface area contributed by atoms with E-state index in [-0.39, 0.29) is 25.4 Å². The molecule has 3 rings (SSSR count). The molecule has 1 aliphatic rings. The van der Waals surface area contributed by atoms with Gasteiger partial charge in [-0.25, -0.2) is 8.42 Å². The lowest BCUT2D eigenvalue weighted by Crippen LogP contribution is -2.51. The van der Waals surface area contributed by atoms with Crippen molar-refractivity contribution in [3.63, 3.8) is 0 Å². The first kappa shape index (κ1) is 20.3. The van der Waals surface area contributed by atoms with E-state index in [1.807, 2.05) is 0 Å². The molecule has 7 nitrogen and oxygen atoms in total. The van der Waals surface area contributed by atoms with Crippen LogP contribution in [0.2, 0.25) is 5.02 Å². The fraction of sp³-hybridized carbons (Fsp3) is 0.316. The zero-order chi connectivity index (χ0) is 20.1. The molecule has 150 valence electrons. The molecular formula is C19H21ClN2O5S. The van der Waals surface area contributed by atoms with Crippen molar-refractivity contribution in [2.45, 2.75) is 13.0 Å². The fourth-order valence-corrected chi connectivity index (χ4v) is 4.08. The molecule has 0 aromatic heterocycles. The highest BCUT2D eigenvalue weighted by Gasteiger charge is 2.35. The van der Waals surface area contributed by atoms with Crippen molar-refractivity contribution in [3.8, 4) is 11.5 Å². The lowest BCUT2D eigenvalue weighted by molar-refractivity contribution is -0.127. The predicted molar refractivity (Wildman–Crippen MR) is 108 cm³/mol. The van der Waals surface area contributed by atoms with Crippen LogP contribution in [0.1, 0.15) is 6.92 Å². The molecule has 2 aromatic rings. The van der Waals surface area contributed by atoms with Gasteiger partial charge in [0.15, 0.2) is 6.10 Å².